The van der Waals surface area contributed by atoms with Crippen LogP contribution in [-0.2, 0) is 0 Å². The third kappa shape index (κ3) is 11.4. The van der Waals surface area contributed by atoms with Crippen LogP contribution < -0.4 is 0 Å². The Balaban J connectivity index is 0. The Labute approximate surface area is 104 Å². The van der Waals surface area contributed by atoms with Crippen molar-refractivity contribution < 1.29 is 0 Å². The Kier molecular flexibility index (Phi) is 12.1. The van der Waals surface area contributed by atoms with Crippen LogP contribution >= 0.6 is 10.0 Å². The highest BCUT2D eigenvalue weighted by Gasteiger charge is 2.27. The van der Waals surface area contributed by atoms with Crippen LogP contribution in [0.5, 0.6) is 0 Å². The summed E-state index contributed by atoms with van der Waals surface area (Å²) in [6.07, 6.45) is 0. The molecule has 0 aromatic rings. The van der Waals surface area contributed by atoms with Crippen LogP contribution in [0.1, 0.15) is 41.5 Å². The van der Waals surface area contributed by atoms with Gasteiger partial charge in [-0.2, -0.15) is 0 Å². The van der Waals surface area contributed by atoms with Crippen molar-refractivity contribution in [1.82, 2.24) is 0 Å². The van der Waals surface area contributed by atoms with Crippen molar-refractivity contribution in [3.8, 4) is 0 Å². The smallest absolute Gasteiger partial charge is 0.262 e. The second kappa shape index (κ2) is 9.57. The minimum Gasteiger partial charge on any atom is -0.262 e. The molecule has 0 aliphatic heterocycles. The molecule has 0 atom stereocenters. The second-order valence-electron chi connectivity index (χ2n) is 5.32. The van der Waals surface area contributed by atoms with E-state index < -0.39 is 27.4 Å². The molecule has 0 bridgehead atoms. The summed E-state index contributed by atoms with van der Waals surface area (Å²) in [5.41, 5.74) is 0. The summed E-state index contributed by atoms with van der Waals surface area (Å²) < 4.78 is 2.92. The van der Waals surface area contributed by atoms with Gasteiger partial charge >= 0.3 is 13.2 Å². The van der Waals surface area contributed by atoms with Crippen LogP contribution in [0.15, 0.2) is 0 Å². The number of halogens is 1. The third-order valence-electron chi connectivity index (χ3n) is 2.31. The standard InChI is InChI=1S/3C3H7.2CH3.2Al.ClH/c3*1-3-2;;;;;/h3*3H,1-2H3;2*1H3;;;1H/q;;;;;;+1;/p-1. The van der Waals surface area contributed by atoms with E-state index >= 15 is 0 Å². The van der Waals surface area contributed by atoms with E-state index in [2.05, 4.69) is 53.1 Å². The number of hydrogen-bond acceptors (Lipinski definition) is 0. The highest BCUT2D eigenvalue weighted by molar-refractivity contribution is 7.05. The minimum absolute atomic E-state index is 0.454. The molecule has 0 nitrogen and oxygen atoms in total. The molecule has 84 valence electrons. The molecule has 0 aromatic carbocycles. The summed E-state index contributed by atoms with van der Waals surface area (Å²) in [6.45, 7) is 14.3. The van der Waals surface area contributed by atoms with Crippen LogP contribution in [0.25, 0.3) is 0 Å². The van der Waals surface area contributed by atoms with Crippen LogP contribution in [-0.4, -0.2) is 27.4 Å². The normalized spacial score (nSPS) is 10.3. The van der Waals surface area contributed by atoms with Crippen LogP contribution in [0.3, 0.4) is 0 Å². The summed E-state index contributed by atoms with van der Waals surface area (Å²) in [6, 6.07) is 0. The molecule has 0 saturated carbocycles. The zero-order chi connectivity index (χ0) is 11.9. The van der Waals surface area contributed by atoms with Crippen molar-refractivity contribution in [2.45, 2.75) is 67.5 Å². The zero-order valence-electron chi connectivity index (χ0n) is 11.3. The maximum absolute atomic E-state index is 5.41. The fourth-order valence-electron chi connectivity index (χ4n) is 2.31. The lowest BCUT2D eigenvalue weighted by Gasteiger charge is -2.22. The second-order valence-corrected chi connectivity index (χ2v) is 15.1. The summed E-state index contributed by atoms with van der Waals surface area (Å²) in [7, 11) is 5.41. The summed E-state index contributed by atoms with van der Waals surface area (Å²) in [5.74, 6) is 4.14. The topological polar surface area (TPSA) is 0 Å². The van der Waals surface area contributed by atoms with Crippen molar-refractivity contribution >= 4 is 37.4 Å². The third-order valence-corrected chi connectivity index (χ3v) is 6.93. The van der Waals surface area contributed by atoms with Gasteiger partial charge in [0.25, 0.3) is 14.1 Å². The average Bonchev–Trinajstić information content (AvgIpc) is 1.80. The molecule has 0 fully saturated rings. The molecule has 0 rings (SSSR count). The van der Waals surface area contributed by atoms with E-state index in [0.717, 1.165) is 14.3 Å². The van der Waals surface area contributed by atoms with E-state index in [9.17, 15) is 0 Å². The zero-order valence-corrected chi connectivity index (χ0v) is 14.3. The van der Waals surface area contributed by atoms with Crippen molar-refractivity contribution in [3.05, 3.63) is 0 Å². The van der Waals surface area contributed by atoms with Gasteiger partial charge in [-0.3, -0.25) is 10.0 Å². The van der Waals surface area contributed by atoms with Crippen molar-refractivity contribution in [1.29, 1.82) is 0 Å². The lowest BCUT2D eigenvalue weighted by Crippen LogP contribution is -2.24. The molecule has 3 heteroatoms. The van der Waals surface area contributed by atoms with Gasteiger partial charge in [-0.15, -0.1) is 0 Å². The molecule has 0 aliphatic carbocycles. The van der Waals surface area contributed by atoms with Crippen molar-refractivity contribution in [2.75, 3.05) is 0 Å². The molecule has 0 radical (unpaired) electrons. The highest BCUT2D eigenvalue weighted by atomic mass is 35.6. The lowest BCUT2D eigenvalue weighted by atomic mass is 10.5. The Hall–Kier alpha value is 1.35. The molecule has 0 heterocycles. The van der Waals surface area contributed by atoms with Gasteiger partial charge in [0.05, 0.1) is 0 Å². The van der Waals surface area contributed by atoms with Crippen LogP contribution in [0.2, 0.25) is 25.9 Å². The molecule has 0 saturated heterocycles. The lowest BCUT2D eigenvalue weighted by molar-refractivity contribution is 0.863. The predicted octanol–water partition coefficient (Wildman–Crippen LogP) is 5.19. The molecule has 0 amide bonds. The molecule has 0 spiro atoms. The molecule has 0 aliphatic rings. The Morgan fingerprint density at radius 3 is 0.857 bits per heavy atom. The molecule has 0 unspecified atom stereocenters. The van der Waals surface area contributed by atoms with E-state index in [1.54, 1.807) is 0 Å². The monoisotopic (exact) mass is 248 g/mol. The van der Waals surface area contributed by atoms with Gasteiger partial charge in [0.15, 0.2) is 0 Å². The molecular formula is C11H27Al2Cl. The first-order valence-electron chi connectivity index (χ1n) is 5.84. The maximum atomic E-state index is 5.41. The summed E-state index contributed by atoms with van der Waals surface area (Å²) in [4.78, 5) is 0. The van der Waals surface area contributed by atoms with Gasteiger partial charge in [0.2, 0.25) is 0 Å². The first-order chi connectivity index (χ1) is 6.20. The quantitative estimate of drug-likeness (QED) is 0.603. The van der Waals surface area contributed by atoms with Crippen LogP contribution in [0, 0.1) is 0 Å². The SMILES string of the molecule is C[CH](C)[Al]([CH](C)C)[CH](C)C.[CH3][Al]([CH3])[Cl]. The van der Waals surface area contributed by atoms with Gasteiger partial charge in [0.1, 0.15) is 0 Å². The first-order valence-corrected chi connectivity index (χ1v) is 11.9. The van der Waals surface area contributed by atoms with Gasteiger partial charge in [-0.25, -0.2) is 0 Å². The number of hydrogen-bond donors (Lipinski definition) is 0. The van der Waals surface area contributed by atoms with Crippen LogP contribution in [0.4, 0.5) is 0 Å². The van der Waals surface area contributed by atoms with Gasteiger partial charge in [-0.1, -0.05) is 67.5 Å². The van der Waals surface area contributed by atoms with E-state index in [-0.39, 0.29) is 0 Å². The highest BCUT2D eigenvalue weighted by Crippen LogP contribution is 2.28. The van der Waals surface area contributed by atoms with Gasteiger partial charge < -0.3 is 0 Å². The van der Waals surface area contributed by atoms with E-state index in [4.69, 9.17) is 10.0 Å². The number of rotatable bonds is 3. The molecule has 0 N–H and O–H groups in total. The van der Waals surface area contributed by atoms with Gasteiger partial charge in [-0.05, 0) is 0 Å². The van der Waals surface area contributed by atoms with Crippen molar-refractivity contribution in [3.63, 3.8) is 0 Å². The van der Waals surface area contributed by atoms with E-state index in [1.165, 1.54) is 0 Å². The minimum atomic E-state index is -0.667. The van der Waals surface area contributed by atoms with Crippen molar-refractivity contribution in [2.24, 2.45) is 0 Å². The molecule has 0 aromatic heterocycles. The largest absolute Gasteiger partial charge is 0.393 e. The maximum Gasteiger partial charge on any atom is 0.393 e. The summed E-state index contributed by atoms with van der Waals surface area (Å²) in [5, 5.41) is 0. The fraction of sp³-hybridized carbons (Fsp3) is 1.00. The summed E-state index contributed by atoms with van der Waals surface area (Å²) >= 11 is -1.12. The fourth-order valence-corrected chi connectivity index (χ4v) is 6.93. The van der Waals surface area contributed by atoms with E-state index in [1.807, 2.05) is 0 Å². The first kappa shape index (κ1) is 17.7. The average molecular weight is 249 g/mol. The molecule has 14 heavy (non-hydrogen) atoms. The van der Waals surface area contributed by atoms with E-state index in [0.29, 0.717) is 0 Å². The Bertz CT molecular complexity index is 101. The Morgan fingerprint density at radius 1 is 0.714 bits per heavy atom. The molecular weight excluding hydrogens is 222 g/mol. The predicted molar refractivity (Wildman–Crippen MR) is 74.4 cm³/mol. The van der Waals surface area contributed by atoms with Gasteiger partial charge in [0, 0.05) is 0 Å². The Morgan fingerprint density at radius 2 is 0.857 bits per heavy atom.